The average Bonchev–Trinajstić information content (AvgIpc) is 2.61. The summed E-state index contributed by atoms with van der Waals surface area (Å²) in [5, 5.41) is 9.73. The Morgan fingerprint density at radius 2 is 2.40 bits per heavy atom. The number of aromatic nitrogens is 1. The lowest BCUT2D eigenvalue weighted by molar-refractivity contribution is 0.112. The van der Waals surface area contributed by atoms with Crippen molar-refractivity contribution < 1.29 is 9.90 Å². The molecular formula is C9H13ClN2O2S. The molecular weight excluding hydrogens is 236 g/mol. The van der Waals surface area contributed by atoms with Crippen LogP contribution in [0.25, 0.3) is 0 Å². The van der Waals surface area contributed by atoms with E-state index in [0.29, 0.717) is 17.6 Å². The number of thiazole rings is 1. The van der Waals surface area contributed by atoms with Gasteiger partial charge in [-0.3, -0.25) is 4.79 Å². The summed E-state index contributed by atoms with van der Waals surface area (Å²) in [6.07, 6.45) is 1.39. The fraction of sp³-hybridized carbons (Fsp3) is 0.556. The maximum Gasteiger partial charge on any atom is 0.187 e. The molecule has 1 rings (SSSR count). The van der Waals surface area contributed by atoms with Crippen LogP contribution in [-0.2, 0) is 0 Å². The Morgan fingerprint density at radius 3 is 2.87 bits per heavy atom. The fourth-order valence-electron chi connectivity index (χ4n) is 1.16. The van der Waals surface area contributed by atoms with E-state index < -0.39 is 0 Å². The molecule has 0 bridgehead atoms. The van der Waals surface area contributed by atoms with Gasteiger partial charge in [-0.1, -0.05) is 22.9 Å². The minimum absolute atomic E-state index is 0.149. The lowest BCUT2D eigenvalue weighted by atomic mass is 10.4. The van der Waals surface area contributed by atoms with Gasteiger partial charge in [0.05, 0.1) is 0 Å². The second kappa shape index (κ2) is 6.05. The smallest absolute Gasteiger partial charge is 0.187 e. The number of aldehydes is 1. The molecule has 0 saturated carbocycles. The normalized spacial score (nSPS) is 10.3. The molecule has 1 heterocycles. The standard InChI is InChI=1S/C9H13ClN2O2S/c1-2-12(4-3-5-13)9-11-8(10)7(6-14)15-9/h6,13H,2-5H2,1H3. The van der Waals surface area contributed by atoms with Crippen LogP contribution in [0.4, 0.5) is 5.13 Å². The molecule has 84 valence electrons. The van der Waals surface area contributed by atoms with Gasteiger partial charge in [-0.15, -0.1) is 0 Å². The minimum atomic E-state index is 0.149. The largest absolute Gasteiger partial charge is 0.396 e. The van der Waals surface area contributed by atoms with Crippen molar-refractivity contribution in [2.45, 2.75) is 13.3 Å². The van der Waals surface area contributed by atoms with Gasteiger partial charge in [0.1, 0.15) is 4.88 Å². The third-order valence-corrected chi connectivity index (χ3v) is 3.39. The predicted molar refractivity (Wildman–Crippen MR) is 62.1 cm³/mol. The first-order valence-corrected chi connectivity index (χ1v) is 5.89. The molecule has 0 saturated heterocycles. The second-order valence-electron chi connectivity index (χ2n) is 2.93. The number of aliphatic hydroxyl groups is 1. The molecule has 0 aromatic carbocycles. The Hall–Kier alpha value is -0.650. The Morgan fingerprint density at radius 1 is 1.67 bits per heavy atom. The fourth-order valence-corrected chi connectivity index (χ4v) is 2.31. The van der Waals surface area contributed by atoms with Crippen molar-refractivity contribution in [3.05, 3.63) is 10.0 Å². The monoisotopic (exact) mass is 248 g/mol. The van der Waals surface area contributed by atoms with Gasteiger partial charge in [0.15, 0.2) is 16.6 Å². The first-order valence-electron chi connectivity index (χ1n) is 4.70. The van der Waals surface area contributed by atoms with Crippen LogP contribution in [0.15, 0.2) is 0 Å². The maximum atomic E-state index is 10.6. The Labute approximate surface area is 97.5 Å². The third-order valence-electron chi connectivity index (χ3n) is 1.94. The zero-order valence-electron chi connectivity index (χ0n) is 8.44. The first kappa shape index (κ1) is 12.4. The molecule has 1 N–H and O–H groups in total. The number of carbonyl (C=O) groups is 1. The molecule has 0 fully saturated rings. The quantitative estimate of drug-likeness (QED) is 0.781. The molecule has 0 radical (unpaired) electrons. The number of aliphatic hydroxyl groups excluding tert-OH is 1. The van der Waals surface area contributed by atoms with Crippen LogP contribution in [-0.4, -0.2) is 36.1 Å². The second-order valence-corrected chi connectivity index (χ2v) is 4.29. The summed E-state index contributed by atoms with van der Waals surface area (Å²) in [5.74, 6) is 0. The van der Waals surface area contributed by atoms with E-state index in [2.05, 4.69) is 4.98 Å². The van der Waals surface area contributed by atoms with Gasteiger partial charge >= 0.3 is 0 Å². The summed E-state index contributed by atoms with van der Waals surface area (Å²) < 4.78 is 0. The number of rotatable bonds is 6. The van der Waals surface area contributed by atoms with Gasteiger partial charge in [-0.25, -0.2) is 4.98 Å². The van der Waals surface area contributed by atoms with Crippen molar-refractivity contribution in [3.63, 3.8) is 0 Å². The topological polar surface area (TPSA) is 53.4 Å². The van der Waals surface area contributed by atoms with Crippen molar-refractivity contribution in [3.8, 4) is 0 Å². The van der Waals surface area contributed by atoms with Gasteiger partial charge in [-0.05, 0) is 13.3 Å². The molecule has 0 aliphatic carbocycles. The van der Waals surface area contributed by atoms with Crippen LogP contribution in [0, 0.1) is 0 Å². The lowest BCUT2D eigenvalue weighted by Crippen LogP contribution is -2.24. The molecule has 0 spiro atoms. The lowest BCUT2D eigenvalue weighted by Gasteiger charge is -2.18. The van der Waals surface area contributed by atoms with Gasteiger partial charge in [0, 0.05) is 19.7 Å². The van der Waals surface area contributed by atoms with Crippen molar-refractivity contribution in [2.24, 2.45) is 0 Å². The number of hydrogen-bond acceptors (Lipinski definition) is 5. The molecule has 1 aromatic rings. The third kappa shape index (κ3) is 3.15. The Bertz CT molecular complexity index is 330. The molecule has 6 heteroatoms. The number of halogens is 1. The van der Waals surface area contributed by atoms with Crippen LogP contribution in [0.1, 0.15) is 23.0 Å². The molecule has 4 nitrogen and oxygen atoms in total. The summed E-state index contributed by atoms with van der Waals surface area (Å²) in [6.45, 7) is 3.64. The first-order chi connectivity index (χ1) is 7.22. The van der Waals surface area contributed by atoms with E-state index in [0.717, 1.165) is 18.2 Å². The molecule has 0 atom stereocenters. The van der Waals surface area contributed by atoms with E-state index in [1.54, 1.807) is 0 Å². The van der Waals surface area contributed by atoms with Crippen molar-refractivity contribution in [2.75, 3.05) is 24.6 Å². The SMILES string of the molecule is CCN(CCCO)c1nc(Cl)c(C=O)s1. The number of hydrogen-bond donors (Lipinski definition) is 1. The molecule has 0 aliphatic rings. The van der Waals surface area contributed by atoms with E-state index in [-0.39, 0.29) is 11.8 Å². The van der Waals surface area contributed by atoms with Gasteiger partial charge in [0.2, 0.25) is 0 Å². The highest BCUT2D eigenvalue weighted by Gasteiger charge is 2.13. The van der Waals surface area contributed by atoms with E-state index in [4.69, 9.17) is 16.7 Å². The molecule has 0 aliphatic heterocycles. The zero-order chi connectivity index (χ0) is 11.3. The Balaban J connectivity index is 2.77. The number of nitrogens with zero attached hydrogens (tertiary/aromatic N) is 2. The van der Waals surface area contributed by atoms with Crippen molar-refractivity contribution in [1.82, 2.24) is 4.98 Å². The number of carbonyl (C=O) groups excluding carboxylic acids is 1. The zero-order valence-corrected chi connectivity index (χ0v) is 10.0. The highest BCUT2D eigenvalue weighted by Crippen LogP contribution is 2.28. The van der Waals surface area contributed by atoms with E-state index >= 15 is 0 Å². The minimum Gasteiger partial charge on any atom is -0.396 e. The Kier molecular flexibility index (Phi) is 5.01. The van der Waals surface area contributed by atoms with Gasteiger partial charge in [0.25, 0.3) is 0 Å². The number of anilines is 1. The molecule has 0 amide bonds. The molecule has 15 heavy (non-hydrogen) atoms. The van der Waals surface area contributed by atoms with E-state index in [1.807, 2.05) is 11.8 Å². The van der Waals surface area contributed by atoms with Gasteiger partial charge in [-0.2, -0.15) is 0 Å². The maximum absolute atomic E-state index is 10.6. The van der Waals surface area contributed by atoms with E-state index in [9.17, 15) is 4.79 Å². The summed E-state index contributed by atoms with van der Waals surface area (Å²) in [6, 6.07) is 0. The average molecular weight is 249 g/mol. The summed E-state index contributed by atoms with van der Waals surface area (Å²) in [4.78, 5) is 17.1. The predicted octanol–water partition coefficient (Wildman–Crippen LogP) is 1.82. The van der Waals surface area contributed by atoms with Crippen LogP contribution in [0.2, 0.25) is 5.15 Å². The van der Waals surface area contributed by atoms with Crippen molar-refractivity contribution >= 4 is 34.4 Å². The van der Waals surface area contributed by atoms with Crippen molar-refractivity contribution in [1.29, 1.82) is 0 Å². The molecule has 1 aromatic heterocycles. The summed E-state index contributed by atoms with van der Waals surface area (Å²) in [5.41, 5.74) is 0. The van der Waals surface area contributed by atoms with E-state index in [1.165, 1.54) is 11.3 Å². The van der Waals surface area contributed by atoms with Crippen LogP contribution in [0.5, 0.6) is 0 Å². The highest BCUT2D eigenvalue weighted by atomic mass is 35.5. The molecule has 0 unspecified atom stereocenters. The van der Waals surface area contributed by atoms with Crippen LogP contribution >= 0.6 is 22.9 Å². The summed E-state index contributed by atoms with van der Waals surface area (Å²) >= 11 is 7.05. The van der Waals surface area contributed by atoms with Gasteiger partial charge < -0.3 is 10.0 Å². The van der Waals surface area contributed by atoms with Crippen LogP contribution < -0.4 is 4.90 Å². The summed E-state index contributed by atoms with van der Waals surface area (Å²) in [7, 11) is 0. The highest BCUT2D eigenvalue weighted by molar-refractivity contribution is 7.17. The van der Waals surface area contributed by atoms with Crippen LogP contribution in [0.3, 0.4) is 0 Å².